The number of halogens is 1. The van der Waals surface area contributed by atoms with Crippen molar-refractivity contribution >= 4 is 16.7 Å². The zero-order valence-electron chi connectivity index (χ0n) is 12.5. The molecule has 0 aliphatic carbocycles. The first-order valence-electron chi connectivity index (χ1n) is 7.59. The highest BCUT2D eigenvalue weighted by Gasteiger charge is 2.16. The molecule has 3 aromatic rings. The Labute approximate surface area is 128 Å². The monoisotopic (exact) mass is 296 g/mol. The van der Waals surface area contributed by atoms with Gasteiger partial charge in [-0.05, 0) is 61.7 Å². The summed E-state index contributed by atoms with van der Waals surface area (Å²) in [5.41, 5.74) is 4.97. The Balaban J connectivity index is 1.78. The van der Waals surface area contributed by atoms with E-state index in [1.165, 1.54) is 36.2 Å². The average Bonchev–Trinajstić information content (AvgIpc) is 3.15. The third-order valence-electron chi connectivity index (χ3n) is 4.20. The van der Waals surface area contributed by atoms with Gasteiger partial charge in [-0.1, -0.05) is 0 Å². The van der Waals surface area contributed by atoms with Gasteiger partial charge in [0.1, 0.15) is 16.9 Å². The van der Waals surface area contributed by atoms with Crippen LogP contribution in [0.2, 0.25) is 0 Å². The Morgan fingerprint density at radius 2 is 1.59 bits per heavy atom. The van der Waals surface area contributed by atoms with Gasteiger partial charge in [-0.3, -0.25) is 0 Å². The smallest absolute Gasteiger partial charge is 0.123 e. The summed E-state index contributed by atoms with van der Waals surface area (Å²) in [6.45, 7) is 4.33. The van der Waals surface area contributed by atoms with E-state index in [9.17, 15) is 4.39 Å². The number of benzene rings is 2. The molecule has 1 aliphatic rings. The third-order valence-corrected chi connectivity index (χ3v) is 4.20. The first kappa shape index (κ1) is 13.2. The van der Waals surface area contributed by atoms with Crippen LogP contribution >= 0.6 is 0 Å². The van der Waals surface area contributed by atoms with Gasteiger partial charge in [0, 0.05) is 18.8 Å². The molecule has 1 aliphatic heterocycles. The fraction of sp³-hybridized carbons (Fsp3) is 0.294. The number of nitrogens with zero attached hydrogens (tertiary/aromatic N) is 4. The van der Waals surface area contributed by atoms with Crippen LogP contribution in [-0.2, 0) is 0 Å². The normalized spacial score (nSPS) is 14.9. The van der Waals surface area contributed by atoms with Crippen molar-refractivity contribution in [2.75, 3.05) is 18.0 Å². The molecule has 0 spiro atoms. The van der Waals surface area contributed by atoms with E-state index in [4.69, 9.17) is 0 Å². The molecule has 0 radical (unpaired) electrons. The molecule has 5 heteroatoms. The molecule has 1 saturated heterocycles. The van der Waals surface area contributed by atoms with Crippen LogP contribution in [0, 0.1) is 12.7 Å². The summed E-state index contributed by atoms with van der Waals surface area (Å²) in [5.74, 6) is -0.257. The van der Waals surface area contributed by atoms with E-state index >= 15 is 0 Å². The Kier molecular flexibility index (Phi) is 3.06. The van der Waals surface area contributed by atoms with Gasteiger partial charge < -0.3 is 4.90 Å². The first-order chi connectivity index (χ1) is 10.7. The second-order valence-corrected chi connectivity index (χ2v) is 5.79. The van der Waals surface area contributed by atoms with Crippen LogP contribution in [0.3, 0.4) is 0 Å². The van der Waals surface area contributed by atoms with Crippen molar-refractivity contribution in [2.45, 2.75) is 19.8 Å². The van der Waals surface area contributed by atoms with Crippen LogP contribution in [0.25, 0.3) is 16.7 Å². The molecule has 0 amide bonds. The van der Waals surface area contributed by atoms with Gasteiger partial charge in [0.15, 0.2) is 0 Å². The minimum atomic E-state index is -0.257. The van der Waals surface area contributed by atoms with Gasteiger partial charge in [-0.15, -0.1) is 10.2 Å². The average molecular weight is 296 g/mol. The Bertz CT molecular complexity index is 817. The van der Waals surface area contributed by atoms with E-state index in [1.807, 2.05) is 0 Å². The van der Waals surface area contributed by atoms with Crippen molar-refractivity contribution in [3.63, 3.8) is 0 Å². The summed E-state index contributed by atoms with van der Waals surface area (Å²) in [6, 6.07) is 10.4. The molecule has 22 heavy (non-hydrogen) atoms. The van der Waals surface area contributed by atoms with Crippen LogP contribution in [-0.4, -0.2) is 28.1 Å². The van der Waals surface area contributed by atoms with Crippen molar-refractivity contribution < 1.29 is 4.39 Å². The van der Waals surface area contributed by atoms with Crippen molar-refractivity contribution in [3.05, 3.63) is 47.8 Å². The van der Waals surface area contributed by atoms with Crippen molar-refractivity contribution in [1.82, 2.24) is 15.0 Å². The largest absolute Gasteiger partial charge is 0.371 e. The minimum absolute atomic E-state index is 0.257. The predicted molar refractivity (Wildman–Crippen MR) is 85.0 cm³/mol. The Hall–Kier alpha value is -2.43. The van der Waals surface area contributed by atoms with Gasteiger partial charge in [0.25, 0.3) is 0 Å². The fourth-order valence-corrected chi connectivity index (χ4v) is 3.05. The molecule has 1 aromatic heterocycles. The third kappa shape index (κ3) is 2.22. The molecular weight excluding hydrogens is 279 g/mol. The van der Waals surface area contributed by atoms with E-state index in [1.54, 1.807) is 16.9 Å². The maximum atomic E-state index is 13.0. The fourth-order valence-electron chi connectivity index (χ4n) is 3.05. The molecule has 2 aromatic carbocycles. The van der Waals surface area contributed by atoms with Crippen LogP contribution < -0.4 is 4.90 Å². The number of anilines is 1. The molecule has 0 unspecified atom stereocenters. The zero-order valence-corrected chi connectivity index (χ0v) is 12.5. The van der Waals surface area contributed by atoms with E-state index < -0.39 is 0 Å². The highest BCUT2D eigenvalue weighted by molar-refractivity contribution is 5.81. The van der Waals surface area contributed by atoms with Gasteiger partial charge in [0.05, 0.1) is 5.69 Å². The zero-order chi connectivity index (χ0) is 15.1. The van der Waals surface area contributed by atoms with Gasteiger partial charge >= 0.3 is 0 Å². The van der Waals surface area contributed by atoms with Crippen molar-refractivity contribution in [2.24, 2.45) is 0 Å². The SMILES string of the molecule is Cc1cc2nn(-c3ccc(F)cc3)nc2cc1N1CCCC1. The highest BCUT2D eigenvalue weighted by Crippen LogP contribution is 2.28. The molecule has 0 N–H and O–H groups in total. The summed E-state index contributed by atoms with van der Waals surface area (Å²) in [5, 5.41) is 9.05. The summed E-state index contributed by atoms with van der Waals surface area (Å²) in [6.07, 6.45) is 2.50. The maximum absolute atomic E-state index is 13.0. The molecule has 0 bridgehead atoms. The predicted octanol–water partition coefficient (Wildman–Crippen LogP) is 3.47. The number of fused-ring (bicyclic) bond motifs is 1. The Morgan fingerprint density at radius 3 is 2.27 bits per heavy atom. The standard InChI is InChI=1S/C17H17FN4/c1-12-10-15-16(11-17(12)21-8-2-3-9-21)20-22(19-15)14-6-4-13(18)5-7-14/h4-7,10-11H,2-3,8-9H2,1H3. The number of rotatable bonds is 2. The second-order valence-electron chi connectivity index (χ2n) is 5.79. The molecule has 0 saturated carbocycles. The van der Waals surface area contributed by atoms with Crippen LogP contribution in [0.15, 0.2) is 36.4 Å². The van der Waals surface area contributed by atoms with Gasteiger partial charge in [-0.2, -0.15) is 4.80 Å². The van der Waals surface area contributed by atoms with Crippen molar-refractivity contribution in [1.29, 1.82) is 0 Å². The second kappa shape index (κ2) is 5.09. The summed E-state index contributed by atoms with van der Waals surface area (Å²) >= 11 is 0. The quantitative estimate of drug-likeness (QED) is 0.726. The summed E-state index contributed by atoms with van der Waals surface area (Å²) < 4.78 is 13.0. The number of hydrogen-bond donors (Lipinski definition) is 0. The minimum Gasteiger partial charge on any atom is -0.371 e. The number of hydrogen-bond acceptors (Lipinski definition) is 3. The molecular formula is C17H17FN4. The molecule has 0 atom stereocenters. The lowest BCUT2D eigenvalue weighted by molar-refractivity contribution is 0.626. The van der Waals surface area contributed by atoms with Gasteiger partial charge in [0.2, 0.25) is 0 Å². The molecule has 112 valence electrons. The lowest BCUT2D eigenvalue weighted by Gasteiger charge is -2.19. The number of aryl methyl sites for hydroxylation is 1. The maximum Gasteiger partial charge on any atom is 0.123 e. The van der Waals surface area contributed by atoms with E-state index in [2.05, 4.69) is 34.2 Å². The number of aromatic nitrogens is 3. The van der Waals surface area contributed by atoms with Crippen LogP contribution in [0.1, 0.15) is 18.4 Å². The lowest BCUT2D eigenvalue weighted by atomic mass is 10.1. The molecule has 4 nitrogen and oxygen atoms in total. The molecule has 4 rings (SSSR count). The summed E-state index contributed by atoms with van der Waals surface area (Å²) in [7, 11) is 0. The van der Waals surface area contributed by atoms with Crippen molar-refractivity contribution in [3.8, 4) is 5.69 Å². The Morgan fingerprint density at radius 1 is 0.955 bits per heavy atom. The van der Waals surface area contributed by atoms with E-state index in [0.29, 0.717) is 0 Å². The summed E-state index contributed by atoms with van der Waals surface area (Å²) in [4.78, 5) is 3.98. The van der Waals surface area contributed by atoms with Crippen LogP contribution in [0.5, 0.6) is 0 Å². The lowest BCUT2D eigenvalue weighted by Crippen LogP contribution is -2.18. The van der Waals surface area contributed by atoms with E-state index in [0.717, 1.165) is 29.8 Å². The van der Waals surface area contributed by atoms with Crippen LogP contribution in [0.4, 0.5) is 10.1 Å². The topological polar surface area (TPSA) is 34.0 Å². The molecule has 1 fully saturated rings. The van der Waals surface area contributed by atoms with Gasteiger partial charge in [-0.25, -0.2) is 4.39 Å². The molecule has 2 heterocycles. The highest BCUT2D eigenvalue weighted by atomic mass is 19.1. The van der Waals surface area contributed by atoms with E-state index in [-0.39, 0.29) is 5.82 Å². The first-order valence-corrected chi connectivity index (χ1v) is 7.59.